The molecule has 1 rings (SSSR count). The minimum absolute atomic E-state index is 0. The van der Waals surface area contributed by atoms with Crippen LogP contribution in [0.25, 0.3) is 0 Å². The van der Waals surface area contributed by atoms with E-state index in [-0.39, 0.29) is 30.1 Å². The number of nitrogens with two attached hydrogens (primary N) is 2. The summed E-state index contributed by atoms with van der Waals surface area (Å²) in [6.45, 7) is 4.06. The fourth-order valence-electron chi connectivity index (χ4n) is 1.04. The summed E-state index contributed by atoms with van der Waals surface area (Å²) in [6.07, 6.45) is 0.938. The second-order valence-electron chi connectivity index (χ2n) is 3.57. The van der Waals surface area contributed by atoms with E-state index in [0.29, 0.717) is 11.1 Å². The number of nitrogens with zero attached hydrogens (tertiary/aromatic N) is 2. The molecule has 6 nitrogen and oxygen atoms in total. The number of carbonyl (C=O) groups is 1. The highest BCUT2D eigenvalue weighted by molar-refractivity contribution is 7.99. The zero-order valence-corrected chi connectivity index (χ0v) is 11.4. The van der Waals surface area contributed by atoms with Gasteiger partial charge in [0.1, 0.15) is 0 Å². The van der Waals surface area contributed by atoms with Gasteiger partial charge in [-0.1, -0.05) is 32.0 Å². The van der Waals surface area contributed by atoms with E-state index in [9.17, 15) is 4.79 Å². The molecule has 2 unspecified atom stereocenters. The summed E-state index contributed by atoms with van der Waals surface area (Å²) in [4.78, 5) is 10.6. The van der Waals surface area contributed by atoms with E-state index in [2.05, 4.69) is 10.2 Å². The minimum atomic E-state index is -0.420. The Balaban J connectivity index is 0.00000256. The Hall–Kier alpha value is -0.790. The van der Waals surface area contributed by atoms with Gasteiger partial charge in [0.25, 0.3) is 5.22 Å². The molecule has 17 heavy (non-hydrogen) atoms. The summed E-state index contributed by atoms with van der Waals surface area (Å²) in [7, 11) is 0. The number of carbonyl (C=O) groups excluding carboxylic acids is 1. The second-order valence-corrected chi connectivity index (χ2v) is 4.50. The van der Waals surface area contributed by atoms with E-state index in [0.717, 1.165) is 18.2 Å². The van der Waals surface area contributed by atoms with Crippen molar-refractivity contribution in [2.24, 2.45) is 17.4 Å². The lowest BCUT2D eigenvalue weighted by Gasteiger charge is -2.13. The van der Waals surface area contributed by atoms with E-state index in [1.54, 1.807) is 0 Å². The summed E-state index contributed by atoms with van der Waals surface area (Å²) in [6, 6.07) is -0.263. The molecule has 0 fully saturated rings. The third-order valence-corrected chi connectivity index (χ3v) is 3.14. The molecule has 0 bridgehead atoms. The van der Waals surface area contributed by atoms with E-state index in [1.165, 1.54) is 0 Å². The van der Waals surface area contributed by atoms with Crippen molar-refractivity contribution in [1.82, 2.24) is 10.2 Å². The molecule has 8 heteroatoms. The molecule has 98 valence electrons. The van der Waals surface area contributed by atoms with Gasteiger partial charge < -0.3 is 15.9 Å². The van der Waals surface area contributed by atoms with Crippen LogP contribution in [0.3, 0.4) is 0 Å². The van der Waals surface area contributed by atoms with Crippen molar-refractivity contribution in [2.45, 2.75) is 31.5 Å². The van der Waals surface area contributed by atoms with Crippen LogP contribution >= 0.6 is 24.2 Å². The zero-order chi connectivity index (χ0) is 12.1. The molecule has 0 spiro atoms. The van der Waals surface area contributed by atoms with Crippen LogP contribution in [-0.4, -0.2) is 21.9 Å². The molecule has 0 aliphatic heterocycles. The molecule has 0 aliphatic carbocycles. The predicted octanol–water partition coefficient (Wildman–Crippen LogP) is 1.11. The van der Waals surface area contributed by atoms with Crippen LogP contribution in [0.15, 0.2) is 9.64 Å². The van der Waals surface area contributed by atoms with Gasteiger partial charge in [0.05, 0.1) is 11.8 Å². The smallest absolute Gasteiger partial charge is 0.277 e. The average molecular weight is 281 g/mol. The lowest BCUT2D eigenvalue weighted by atomic mass is 10.0. The van der Waals surface area contributed by atoms with Gasteiger partial charge in [0, 0.05) is 0 Å². The van der Waals surface area contributed by atoms with Gasteiger partial charge in [-0.25, -0.2) is 0 Å². The molecule has 1 heterocycles. The molecule has 1 amide bonds. The lowest BCUT2D eigenvalue weighted by molar-refractivity contribution is -0.115. The normalized spacial score (nSPS) is 13.8. The first-order valence-corrected chi connectivity index (χ1v) is 6.03. The lowest BCUT2D eigenvalue weighted by Crippen LogP contribution is -2.18. The zero-order valence-electron chi connectivity index (χ0n) is 9.75. The van der Waals surface area contributed by atoms with Crippen LogP contribution in [0.5, 0.6) is 0 Å². The quantitative estimate of drug-likeness (QED) is 0.756. The number of halogens is 1. The number of rotatable bonds is 6. The van der Waals surface area contributed by atoms with E-state index in [4.69, 9.17) is 15.9 Å². The molecule has 0 saturated heterocycles. The Kier molecular flexibility index (Phi) is 7.17. The minimum Gasteiger partial charge on any atom is -0.414 e. The first kappa shape index (κ1) is 16.2. The highest BCUT2D eigenvalue weighted by Gasteiger charge is 2.19. The molecule has 0 saturated carbocycles. The average Bonchev–Trinajstić information content (AvgIpc) is 2.72. The highest BCUT2D eigenvalue weighted by atomic mass is 35.5. The predicted molar refractivity (Wildman–Crippen MR) is 67.8 cm³/mol. The van der Waals surface area contributed by atoms with Crippen LogP contribution < -0.4 is 11.5 Å². The van der Waals surface area contributed by atoms with E-state index < -0.39 is 5.91 Å². The Morgan fingerprint density at radius 2 is 2.18 bits per heavy atom. The van der Waals surface area contributed by atoms with Crippen LogP contribution in [0, 0.1) is 5.92 Å². The maximum atomic E-state index is 10.6. The van der Waals surface area contributed by atoms with Crippen molar-refractivity contribution < 1.29 is 9.21 Å². The fourth-order valence-corrected chi connectivity index (χ4v) is 1.55. The van der Waals surface area contributed by atoms with Gasteiger partial charge in [0.2, 0.25) is 11.8 Å². The first-order valence-electron chi connectivity index (χ1n) is 5.04. The number of primary amides is 1. The van der Waals surface area contributed by atoms with Crippen LogP contribution in [0.2, 0.25) is 0 Å². The number of hydrogen-bond acceptors (Lipinski definition) is 6. The highest BCUT2D eigenvalue weighted by Crippen LogP contribution is 2.23. The molecule has 4 N–H and O–H groups in total. The number of thioether (sulfide) groups is 1. The third-order valence-electron chi connectivity index (χ3n) is 2.30. The van der Waals surface area contributed by atoms with Gasteiger partial charge in [-0.3, -0.25) is 4.79 Å². The second kappa shape index (κ2) is 7.52. The number of aromatic nitrogens is 2. The molecule has 1 aromatic rings. The fraction of sp³-hybridized carbons (Fsp3) is 0.667. The Morgan fingerprint density at radius 1 is 1.53 bits per heavy atom. The van der Waals surface area contributed by atoms with Crippen molar-refractivity contribution in [2.75, 3.05) is 5.75 Å². The summed E-state index contributed by atoms with van der Waals surface area (Å²) >= 11 is 1.12. The van der Waals surface area contributed by atoms with E-state index in [1.807, 2.05) is 13.8 Å². The van der Waals surface area contributed by atoms with Crippen LogP contribution in [0.4, 0.5) is 0 Å². The van der Waals surface area contributed by atoms with E-state index >= 15 is 0 Å². The van der Waals surface area contributed by atoms with Crippen LogP contribution in [-0.2, 0) is 4.79 Å². The Bertz CT molecular complexity index is 361. The van der Waals surface area contributed by atoms with Crippen molar-refractivity contribution in [3.05, 3.63) is 5.89 Å². The van der Waals surface area contributed by atoms with Gasteiger partial charge in [-0.2, -0.15) is 0 Å². The topological polar surface area (TPSA) is 108 Å². The number of amides is 1. The summed E-state index contributed by atoms with van der Waals surface area (Å²) < 4.78 is 5.33. The first-order chi connectivity index (χ1) is 7.54. The molecule has 2 atom stereocenters. The van der Waals surface area contributed by atoms with Gasteiger partial charge in [-0.05, 0) is 5.92 Å². The van der Waals surface area contributed by atoms with Crippen molar-refractivity contribution in [1.29, 1.82) is 0 Å². The Morgan fingerprint density at radius 3 is 2.71 bits per heavy atom. The van der Waals surface area contributed by atoms with Crippen molar-refractivity contribution in [3.63, 3.8) is 0 Å². The molecular weight excluding hydrogens is 264 g/mol. The molecule has 0 aliphatic rings. The molecule has 1 aromatic heterocycles. The Labute approximate surface area is 110 Å². The SMILES string of the molecule is CCC(C)C(N)c1nnc(SCC(N)=O)o1.Cl. The molecular formula is C9H17ClN4O2S. The van der Waals surface area contributed by atoms with Crippen LogP contribution in [0.1, 0.15) is 32.2 Å². The van der Waals surface area contributed by atoms with Gasteiger partial charge in [-0.15, -0.1) is 22.6 Å². The third kappa shape index (κ3) is 4.93. The standard InChI is InChI=1S/C9H16N4O2S.ClH/c1-3-5(2)7(11)8-12-13-9(15-8)16-4-6(10)14;/h5,7H,3-4,11H2,1-2H3,(H2,10,14);1H. The monoisotopic (exact) mass is 280 g/mol. The maximum Gasteiger partial charge on any atom is 0.277 e. The largest absolute Gasteiger partial charge is 0.414 e. The van der Waals surface area contributed by atoms with Crippen molar-refractivity contribution >= 4 is 30.1 Å². The maximum absolute atomic E-state index is 10.6. The molecule has 0 aromatic carbocycles. The molecule has 0 radical (unpaired) electrons. The summed E-state index contributed by atoms with van der Waals surface area (Å²) in [5, 5.41) is 7.96. The van der Waals surface area contributed by atoms with Gasteiger partial charge >= 0.3 is 0 Å². The summed E-state index contributed by atoms with van der Waals surface area (Å²) in [5.41, 5.74) is 10.9. The van der Waals surface area contributed by atoms with Gasteiger partial charge in [0.15, 0.2) is 0 Å². The van der Waals surface area contributed by atoms with Crippen molar-refractivity contribution in [3.8, 4) is 0 Å². The number of hydrogen-bond donors (Lipinski definition) is 2. The summed E-state index contributed by atoms with van der Waals surface area (Å²) in [5.74, 6) is 0.381.